The molecule has 2 aliphatic rings. The van der Waals surface area contributed by atoms with Crippen LogP contribution in [0, 0.1) is 11.6 Å². The Hall–Kier alpha value is -2.82. The van der Waals surface area contributed by atoms with Gasteiger partial charge in [0.15, 0.2) is 5.78 Å². The van der Waals surface area contributed by atoms with Gasteiger partial charge in [0.25, 0.3) is 0 Å². The van der Waals surface area contributed by atoms with E-state index in [1.54, 1.807) is 30.3 Å². The highest BCUT2D eigenvalue weighted by Gasteiger charge is 2.38. The number of allylic oxidation sites excluding steroid dienone is 2. The monoisotopic (exact) mass is 353 g/mol. The Morgan fingerprint density at radius 3 is 2.35 bits per heavy atom. The fourth-order valence-corrected chi connectivity index (χ4v) is 3.95. The molecule has 1 N–H and O–H groups in total. The summed E-state index contributed by atoms with van der Waals surface area (Å²) in [6, 6.07) is 12.3. The Balaban J connectivity index is 1.73. The van der Waals surface area contributed by atoms with E-state index in [1.807, 2.05) is 0 Å². The molecule has 26 heavy (non-hydrogen) atoms. The number of benzene rings is 2. The van der Waals surface area contributed by atoms with E-state index >= 15 is 0 Å². The third-order valence-corrected chi connectivity index (χ3v) is 5.16. The van der Waals surface area contributed by atoms with E-state index in [-0.39, 0.29) is 36.3 Å². The number of carbonyl (C=O) groups is 2. The summed E-state index contributed by atoms with van der Waals surface area (Å²) in [4.78, 5) is 25.1. The van der Waals surface area contributed by atoms with Gasteiger partial charge in [-0.2, -0.15) is 0 Å². The maximum Gasteiger partial charge on any atom is 0.225 e. The minimum absolute atomic E-state index is 0.0622. The van der Waals surface area contributed by atoms with Crippen LogP contribution in [-0.2, 0) is 9.59 Å². The highest BCUT2D eigenvalue weighted by molar-refractivity contribution is 6.02. The largest absolute Gasteiger partial charge is 0.329 e. The highest BCUT2D eigenvalue weighted by atomic mass is 19.1. The lowest BCUT2D eigenvalue weighted by molar-refractivity contribution is -0.122. The quantitative estimate of drug-likeness (QED) is 0.888. The van der Waals surface area contributed by atoms with E-state index in [0.29, 0.717) is 23.3 Å². The third-order valence-electron chi connectivity index (χ3n) is 5.16. The number of carbonyl (C=O) groups excluding carboxylic acids is 2. The molecule has 5 heteroatoms. The zero-order valence-corrected chi connectivity index (χ0v) is 14.0. The lowest BCUT2D eigenvalue weighted by atomic mass is 9.73. The standard InChI is InChI=1S/C21H17F2NO2/c22-14-7-5-12(6-8-14)13-9-18-21(19(25)10-13)16(11-20(26)24-18)15-3-1-2-4-17(15)23/h1-8,13,16H,9-11H2,(H,24,26)/t13-,16+/m0/s1. The van der Waals surface area contributed by atoms with Crippen molar-refractivity contribution in [2.75, 3.05) is 0 Å². The first-order chi connectivity index (χ1) is 12.5. The van der Waals surface area contributed by atoms with E-state index in [2.05, 4.69) is 5.32 Å². The Labute approximate surface area is 149 Å². The second-order valence-electron chi connectivity index (χ2n) is 6.80. The minimum atomic E-state index is -0.554. The molecule has 0 saturated carbocycles. The molecule has 0 saturated heterocycles. The fraction of sp³-hybridized carbons (Fsp3) is 0.238. The van der Waals surface area contributed by atoms with Crippen molar-refractivity contribution >= 4 is 11.7 Å². The smallest absolute Gasteiger partial charge is 0.225 e. The van der Waals surface area contributed by atoms with Crippen molar-refractivity contribution in [3.05, 3.63) is 82.6 Å². The zero-order valence-electron chi connectivity index (χ0n) is 14.0. The van der Waals surface area contributed by atoms with Crippen molar-refractivity contribution in [2.45, 2.75) is 31.1 Å². The Morgan fingerprint density at radius 2 is 1.62 bits per heavy atom. The van der Waals surface area contributed by atoms with Crippen LogP contribution in [0.25, 0.3) is 0 Å². The summed E-state index contributed by atoms with van der Waals surface area (Å²) >= 11 is 0. The topological polar surface area (TPSA) is 46.2 Å². The minimum Gasteiger partial charge on any atom is -0.329 e. The molecule has 2 atom stereocenters. The van der Waals surface area contributed by atoms with Crippen molar-refractivity contribution in [2.24, 2.45) is 0 Å². The van der Waals surface area contributed by atoms with Gasteiger partial charge in [0, 0.05) is 30.0 Å². The van der Waals surface area contributed by atoms with Crippen molar-refractivity contribution in [3.63, 3.8) is 0 Å². The van der Waals surface area contributed by atoms with Crippen molar-refractivity contribution in [1.82, 2.24) is 5.32 Å². The average molecular weight is 353 g/mol. The molecule has 132 valence electrons. The van der Waals surface area contributed by atoms with E-state index in [1.165, 1.54) is 18.2 Å². The number of amides is 1. The van der Waals surface area contributed by atoms with Crippen LogP contribution in [0.2, 0.25) is 0 Å². The predicted molar refractivity (Wildman–Crippen MR) is 92.3 cm³/mol. The molecule has 0 spiro atoms. The molecular formula is C21H17F2NO2. The maximum absolute atomic E-state index is 14.3. The molecule has 2 aromatic carbocycles. The number of hydrogen-bond acceptors (Lipinski definition) is 2. The number of Topliss-reactive ketones (excluding diaryl/α,β-unsaturated/α-hetero) is 1. The normalized spacial score (nSPS) is 22.8. The summed E-state index contributed by atoms with van der Waals surface area (Å²) in [5.41, 5.74) is 2.31. The highest BCUT2D eigenvalue weighted by Crippen LogP contribution is 2.42. The van der Waals surface area contributed by atoms with E-state index in [9.17, 15) is 18.4 Å². The molecule has 1 aliphatic carbocycles. The summed E-state index contributed by atoms with van der Waals surface area (Å²) < 4.78 is 27.4. The first-order valence-corrected chi connectivity index (χ1v) is 8.59. The van der Waals surface area contributed by atoms with E-state index in [4.69, 9.17) is 0 Å². The van der Waals surface area contributed by atoms with Crippen LogP contribution in [0.5, 0.6) is 0 Å². The van der Waals surface area contributed by atoms with Crippen LogP contribution in [0.15, 0.2) is 59.8 Å². The first-order valence-electron chi connectivity index (χ1n) is 8.59. The molecule has 1 amide bonds. The van der Waals surface area contributed by atoms with Crippen LogP contribution in [0.3, 0.4) is 0 Å². The average Bonchev–Trinajstić information content (AvgIpc) is 2.61. The Morgan fingerprint density at radius 1 is 0.885 bits per heavy atom. The molecule has 2 aromatic rings. The summed E-state index contributed by atoms with van der Waals surface area (Å²) in [6.45, 7) is 0. The van der Waals surface area contributed by atoms with Gasteiger partial charge in [-0.3, -0.25) is 9.59 Å². The van der Waals surface area contributed by atoms with E-state index < -0.39 is 11.7 Å². The van der Waals surface area contributed by atoms with Crippen molar-refractivity contribution < 1.29 is 18.4 Å². The molecule has 0 radical (unpaired) electrons. The van der Waals surface area contributed by atoms with Crippen LogP contribution in [0.4, 0.5) is 8.78 Å². The predicted octanol–water partition coefficient (Wildman–Crippen LogP) is 3.97. The second kappa shape index (κ2) is 6.48. The van der Waals surface area contributed by atoms with Gasteiger partial charge in [0.05, 0.1) is 0 Å². The van der Waals surface area contributed by atoms with Crippen molar-refractivity contribution in [1.29, 1.82) is 0 Å². The van der Waals surface area contributed by atoms with Crippen LogP contribution >= 0.6 is 0 Å². The number of ketones is 1. The molecule has 4 rings (SSSR count). The van der Waals surface area contributed by atoms with Gasteiger partial charge >= 0.3 is 0 Å². The summed E-state index contributed by atoms with van der Waals surface area (Å²) in [5.74, 6) is -1.73. The van der Waals surface area contributed by atoms with Gasteiger partial charge in [-0.25, -0.2) is 8.78 Å². The summed E-state index contributed by atoms with van der Waals surface area (Å²) in [6.07, 6.45) is 0.807. The Kier molecular flexibility index (Phi) is 4.15. The molecule has 3 nitrogen and oxygen atoms in total. The lowest BCUT2D eigenvalue weighted by Crippen LogP contribution is -2.38. The van der Waals surface area contributed by atoms with Crippen LogP contribution in [-0.4, -0.2) is 11.7 Å². The molecule has 0 unspecified atom stereocenters. The summed E-state index contributed by atoms with van der Waals surface area (Å²) in [5, 5.41) is 2.80. The van der Waals surface area contributed by atoms with Gasteiger partial charge < -0.3 is 5.32 Å². The molecule has 0 bridgehead atoms. The fourth-order valence-electron chi connectivity index (χ4n) is 3.95. The number of halogens is 2. The lowest BCUT2D eigenvalue weighted by Gasteiger charge is -2.34. The van der Waals surface area contributed by atoms with Gasteiger partial charge in [0.2, 0.25) is 5.91 Å². The first kappa shape index (κ1) is 16.6. The zero-order chi connectivity index (χ0) is 18.3. The number of nitrogens with one attached hydrogen (secondary N) is 1. The molecule has 0 aromatic heterocycles. The van der Waals surface area contributed by atoms with Crippen LogP contribution in [0.1, 0.15) is 42.2 Å². The molecular weight excluding hydrogens is 336 g/mol. The molecule has 0 fully saturated rings. The van der Waals surface area contributed by atoms with Gasteiger partial charge in [-0.1, -0.05) is 30.3 Å². The van der Waals surface area contributed by atoms with Gasteiger partial charge in [0.1, 0.15) is 11.6 Å². The van der Waals surface area contributed by atoms with Crippen molar-refractivity contribution in [3.8, 4) is 0 Å². The maximum atomic E-state index is 14.3. The van der Waals surface area contributed by atoms with E-state index in [0.717, 1.165) is 5.56 Å². The SMILES string of the molecule is O=C1C[C@H](c2ccccc2F)C2=C(C[C@H](c3ccc(F)cc3)CC2=O)N1. The summed E-state index contributed by atoms with van der Waals surface area (Å²) in [7, 11) is 0. The third kappa shape index (κ3) is 2.94. The Bertz CT molecular complexity index is 918. The van der Waals surface area contributed by atoms with Gasteiger partial charge in [-0.15, -0.1) is 0 Å². The second-order valence-corrected chi connectivity index (χ2v) is 6.80. The van der Waals surface area contributed by atoms with Gasteiger partial charge in [-0.05, 0) is 41.7 Å². The van der Waals surface area contributed by atoms with Crippen LogP contribution < -0.4 is 5.32 Å². The number of rotatable bonds is 2. The molecule has 1 aliphatic heterocycles. The molecule has 1 heterocycles. The number of hydrogen-bond donors (Lipinski definition) is 1.